The topological polar surface area (TPSA) is 85.1 Å². The van der Waals surface area contributed by atoms with E-state index in [1.54, 1.807) is 16.9 Å². The third kappa shape index (κ3) is 3.26. The molecule has 1 aliphatic heterocycles. The minimum atomic E-state index is -0.804. The molecule has 7 nitrogen and oxygen atoms in total. The van der Waals surface area contributed by atoms with Crippen LogP contribution in [0.5, 0.6) is 0 Å². The largest absolute Gasteiger partial charge is 0.380 e. The molecule has 3 rings (SSSR count). The van der Waals surface area contributed by atoms with Crippen LogP contribution in [0.1, 0.15) is 29.9 Å². The number of aromatic nitrogens is 4. The van der Waals surface area contributed by atoms with Gasteiger partial charge in [-0.15, -0.1) is 0 Å². The number of nitrogens with one attached hydrogen (secondary N) is 1. The first-order valence-corrected chi connectivity index (χ1v) is 7.02. The van der Waals surface area contributed by atoms with E-state index in [1.165, 1.54) is 0 Å². The normalized spacial score (nSPS) is 19.9. The summed E-state index contributed by atoms with van der Waals surface area (Å²) in [4.78, 5) is 8.59. The van der Waals surface area contributed by atoms with E-state index in [2.05, 4.69) is 20.4 Å². The Hall–Kier alpha value is -1.83. The highest BCUT2D eigenvalue weighted by Crippen LogP contribution is 2.14. The first-order valence-electron chi connectivity index (χ1n) is 7.02. The zero-order chi connectivity index (χ0) is 14.8. The summed E-state index contributed by atoms with van der Waals surface area (Å²) in [6.45, 7) is 5.12. The molecule has 2 aromatic heterocycles. The van der Waals surface area contributed by atoms with Gasteiger partial charge in [-0.2, -0.15) is 5.10 Å². The van der Waals surface area contributed by atoms with Crippen molar-refractivity contribution in [1.82, 2.24) is 25.1 Å². The van der Waals surface area contributed by atoms with Gasteiger partial charge in [-0.25, -0.2) is 14.6 Å². The van der Waals surface area contributed by atoms with Gasteiger partial charge in [0, 0.05) is 30.6 Å². The first kappa shape index (κ1) is 14.1. The molecule has 2 atom stereocenters. The van der Waals surface area contributed by atoms with E-state index in [1.807, 2.05) is 19.9 Å². The molecule has 0 amide bonds. The number of aryl methyl sites for hydroxylation is 2. The van der Waals surface area contributed by atoms with Crippen molar-refractivity contribution in [1.29, 1.82) is 0 Å². The molecule has 21 heavy (non-hydrogen) atoms. The molecule has 2 aromatic rings. The lowest BCUT2D eigenvalue weighted by molar-refractivity contribution is 0.110. The lowest BCUT2D eigenvalue weighted by Crippen LogP contribution is -2.33. The van der Waals surface area contributed by atoms with Crippen LogP contribution in [0.4, 0.5) is 0 Å². The predicted octanol–water partition coefficient (Wildman–Crippen LogP) is 0.649. The van der Waals surface area contributed by atoms with Gasteiger partial charge in [0.15, 0.2) is 5.82 Å². The van der Waals surface area contributed by atoms with E-state index in [4.69, 9.17) is 4.74 Å². The third-order valence-corrected chi connectivity index (χ3v) is 3.40. The summed E-state index contributed by atoms with van der Waals surface area (Å²) in [5.74, 6) is 1.39. The Labute approximate surface area is 123 Å². The second kappa shape index (κ2) is 5.88. The SMILES string of the molecule is Cc1cc(-n2ccc(C(O)N[C@H]3CCOC3)n2)nc(C)n1. The van der Waals surface area contributed by atoms with Crippen LogP contribution in [0.25, 0.3) is 5.82 Å². The van der Waals surface area contributed by atoms with Gasteiger partial charge in [0.25, 0.3) is 0 Å². The summed E-state index contributed by atoms with van der Waals surface area (Å²) in [7, 11) is 0. The summed E-state index contributed by atoms with van der Waals surface area (Å²) < 4.78 is 6.92. The van der Waals surface area contributed by atoms with Crippen LogP contribution < -0.4 is 5.32 Å². The molecule has 0 saturated carbocycles. The van der Waals surface area contributed by atoms with Crippen LogP contribution in [0, 0.1) is 13.8 Å². The Balaban J connectivity index is 1.75. The Morgan fingerprint density at radius 1 is 1.43 bits per heavy atom. The number of rotatable bonds is 4. The van der Waals surface area contributed by atoms with E-state index in [9.17, 15) is 5.11 Å². The minimum absolute atomic E-state index is 0.175. The van der Waals surface area contributed by atoms with Gasteiger partial charge < -0.3 is 9.84 Å². The maximum Gasteiger partial charge on any atom is 0.157 e. The summed E-state index contributed by atoms with van der Waals surface area (Å²) in [5.41, 5.74) is 1.45. The Morgan fingerprint density at radius 3 is 3.00 bits per heavy atom. The molecule has 0 radical (unpaired) electrons. The molecular formula is C14H19N5O2. The van der Waals surface area contributed by atoms with Crippen molar-refractivity contribution in [3.63, 3.8) is 0 Å². The molecule has 1 saturated heterocycles. The monoisotopic (exact) mass is 289 g/mol. The fraction of sp³-hybridized carbons (Fsp3) is 0.500. The molecular weight excluding hydrogens is 270 g/mol. The molecule has 3 heterocycles. The zero-order valence-electron chi connectivity index (χ0n) is 12.2. The Morgan fingerprint density at radius 2 is 2.29 bits per heavy atom. The van der Waals surface area contributed by atoms with E-state index >= 15 is 0 Å². The van der Waals surface area contributed by atoms with E-state index in [0.29, 0.717) is 23.9 Å². The second-order valence-corrected chi connectivity index (χ2v) is 5.23. The summed E-state index contributed by atoms with van der Waals surface area (Å²) >= 11 is 0. The van der Waals surface area contributed by atoms with Crippen LogP contribution in [0.2, 0.25) is 0 Å². The van der Waals surface area contributed by atoms with Crippen molar-refractivity contribution in [3.8, 4) is 5.82 Å². The van der Waals surface area contributed by atoms with Crippen molar-refractivity contribution in [2.45, 2.75) is 32.5 Å². The zero-order valence-corrected chi connectivity index (χ0v) is 12.2. The fourth-order valence-electron chi connectivity index (χ4n) is 2.40. The van der Waals surface area contributed by atoms with Gasteiger partial charge in [-0.05, 0) is 26.3 Å². The van der Waals surface area contributed by atoms with Crippen molar-refractivity contribution in [3.05, 3.63) is 35.5 Å². The van der Waals surface area contributed by atoms with Crippen molar-refractivity contribution < 1.29 is 9.84 Å². The first-order chi connectivity index (χ1) is 10.1. The standard InChI is InChI=1S/C14H19N5O2/c1-9-7-13(16-10(2)15-9)19-5-3-12(18-19)14(20)17-11-4-6-21-8-11/h3,5,7,11,14,17,20H,4,6,8H2,1-2H3/t11-,14?/m0/s1. The molecule has 112 valence electrons. The highest BCUT2D eigenvalue weighted by atomic mass is 16.5. The van der Waals surface area contributed by atoms with Gasteiger partial charge in [0.2, 0.25) is 0 Å². The highest BCUT2D eigenvalue weighted by molar-refractivity contribution is 5.24. The Bertz CT molecular complexity index is 601. The summed E-state index contributed by atoms with van der Waals surface area (Å²) in [6, 6.07) is 3.81. The van der Waals surface area contributed by atoms with Gasteiger partial charge in [0.05, 0.1) is 6.61 Å². The van der Waals surface area contributed by atoms with Crippen LogP contribution in [-0.4, -0.2) is 44.1 Å². The molecule has 1 unspecified atom stereocenters. The van der Waals surface area contributed by atoms with Gasteiger partial charge in [0.1, 0.15) is 17.7 Å². The smallest absolute Gasteiger partial charge is 0.157 e. The van der Waals surface area contributed by atoms with Crippen molar-refractivity contribution >= 4 is 0 Å². The molecule has 0 spiro atoms. The maximum absolute atomic E-state index is 10.2. The second-order valence-electron chi connectivity index (χ2n) is 5.23. The Kier molecular flexibility index (Phi) is 3.96. The summed E-state index contributed by atoms with van der Waals surface area (Å²) in [6.07, 6.45) is 1.89. The number of nitrogens with zero attached hydrogens (tertiary/aromatic N) is 4. The van der Waals surface area contributed by atoms with Crippen molar-refractivity contribution in [2.75, 3.05) is 13.2 Å². The predicted molar refractivity (Wildman–Crippen MR) is 75.9 cm³/mol. The lowest BCUT2D eigenvalue weighted by atomic mass is 10.2. The van der Waals surface area contributed by atoms with Gasteiger partial charge in [-0.3, -0.25) is 5.32 Å². The van der Waals surface area contributed by atoms with E-state index in [0.717, 1.165) is 18.7 Å². The van der Waals surface area contributed by atoms with Crippen molar-refractivity contribution in [2.24, 2.45) is 0 Å². The lowest BCUT2D eigenvalue weighted by Gasteiger charge is -2.15. The van der Waals surface area contributed by atoms with Gasteiger partial charge in [-0.1, -0.05) is 0 Å². The van der Waals surface area contributed by atoms with Crippen LogP contribution in [0.3, 0.4) is 0 Å². The van der Waals surface area contributed by atoms with E-state index < -0.39 is 6.23 Å². The van der Waals surface area contributed by atoms with E-state index in [-0.39, 0.29) is 6.04 Å². The molecule has 1 aliphatic rings. The highest BCUT2D eigenvalue weighted by Gasteiger charge is 2.20. The fourth-order valence-corrected chi connectivity index (χ4v) is 2.40. The number of hydrogen-bond donors (Lipinski definition) is 2. The molecule has 2 N–H and O–H groups in total. The van der Waals surface area contributed by atoms with Crippen LogP contribution >= 0.6 is 0 Å². The number of hydrogen-bond acceptors (Lipinski definition) is 6. The van der Waals surface area contributed by atoms with Gasteiger partial charge >= 0.3 is 0 Å². The number of aliphatic hydroxyl groups is 1. The third-order valence-electron chi connectivity index (χ3n) is 3.40. The molecule has 1 fully saturated rings. The molecule has 7 heteroatoms. The number of ether oxygens (including phenoxy) is 1. The summed E-state index contributed by atoms with van der Waals surface area (Å²) in [5, 5.41) is 17.7. The molecule has 0 aromatic carbocycles. The quantitative estimate of drug-likeness (QED) is 0.804. The van der Waals surface area contributed by atoms with Crippen LogP contribution in [-0.2, 0) is 4.74 Å². The average molecular weight is 289 g/mol. The van der Waals surface area contributed by atoms with Crippen LogP contribution in [0.15, 0.2) is 18.3 Å². The average Bonchev–Trinajstić information content (AvgIpc) is 3.08. The number of aliphatic hydroxyl groups excluding tert-OH is 1. The molecule has 0 bridgehead atoms. The minimum Gasteiger partial charge on any atom is -0.380 e. The molecule has 0 aliphatic carbocycles. The maximum atomic E-state index is 10.2.